The number of nitrogens with zero attached hydrogens (tertiary/aromatic N) is 3. The van der Waals surface area contributed by atoms with Crippen molar-refractivity contribution < 1.29 is 0 Å². The van der Waals surface area contributed by atoms with Crippen LogP contribution in [0.5, 0.6) is 0 Å². The molecule has 0 saturated carbocycles. The van der Waals surface area contributed by atoms with Gasteiger partial charge in [-0.25, -0.2) is 9.97 Å². The van der Waals surface area contributed by atoms with Crippen molar-refractivity contribution in [2.24, 2.45) is 0 Å². The zero-order valence-electron chi connectivity index (χ0n) is 12.3. The molecule has 108 valence electrons. The molecule has 3 nitrogen and oxygen atoms in total. The maximum Gasteiger partial charge on any atom is 0.172 e. The van der Waals surface area contributed by atoms with E-state index in [4.69, 9.17) is 0 Å². The van der Waals surface area contributed by atoms with Gasteiger partial charge in [0.25, 0.3) is 0 Å². The molecule has 0 aliphatic rings. The summed E-state index contributed by atoms with van der Waals surface area (Å²) in [4.78, 5) is 8.99. The van der Waals surface area contributed by atoms with Crippen LogP contribution in [0.4, 0.5) is 0 Å². The van der Waals surface area contributed by atoms with Crippen molar-refractivity contribution in [3.05, 3.63) is 57.8 Å². The van der Waals surface area contributed by atoms with Gasteiger partial charge in [0.15, 0.2) is 5.16 Å². The number of aromatic nitrogens is 3. The molecular formula is C16H17N3S2. The molecule has 0 aliphatic carbocycles. The fourth-order valence-electron chi connectivity index (χ4n) is 2.17. The highest BCUT2D eigenvalue weighted by Crippen LogP contribution is 2.26. The minimum atomic E-state index is 0.853. The predicted octanol–water partition coefficient (Wildman–Crippen LogP) is 4.55. The lowest BCUT2D eigenvalue weighted by Crippen LogP contribution is -1.98. The SMILES string of the molecule is Cc1ccc(C)c(-n2ccnc2SCc2csc(C)n2)c1. The molecule has 21 heavy (non-hydrogen) atoms. The smallest absolute Gasteiger partial charge is 0.172 e. The molecule has 0 spiro atoms. The lowest BCUT2D eigenvalue weighted by molar-refractivity contribution is 0.885. The zero-order valence-corrected chi connectivity index (χ0v) is 14.0. The van der Waals surface area contributed by atoms with E-state index in [1.807, 2.05) is 19.3 Å². The molecule has 0 atom stereocenters. The molecular weight excluding hydrogens is 298 g/mol. The van der Waals surface area contributed by atoms with E-state index in [1.165, 1.54) is 16.8 Å². The molecule has 3 rings (SSSR count). The summed E-state index contributed by atoms with van der Waals surface area (Å²) >= 11 is 3.42. The first-order valence-corrected chi connectivity index (χ1v) is 8.65. The number of hydrogen-bond acceptors (Lipinski definition) is 4. The molecule has 2 aromatic heterocycles. The van der Waals surface area contributed by atoms with E-state index in [9.17, 15) is 0 Å². The molecule has 0 amide bonds. The maximum absolute atomic E-state index is 4.50. The third kappa shape index (κ3) is 3.19. The van der Waals surface area contributed by atoms with E-state index in [0.29, 0.717) is 0 Å². The van der Waals surface area contributed by atoms with E-state index in [-0.39, 0.29) is 0 Å². The summed E-state index contributed by atoms with van der Waals surface area (Å²) in [6.07, 6.45) is 3.88. The molecule has 0 saturated heterocycles. The number of hydrogen-bond donors (Lipinski definition) is 0. The number of benzene rings is 1. The highest BCUT2D eigenvalue weighted by Gasteiger charge is 2.09. The van der Waals surface area contributed by atoms with E-state index in [0.717, 1.165) is 21.6 Å². The van der Waals surface area contributed by atoms with Gasteiger partial charge in [0, 0.05) is 23.5 Å². The van der Waals surface area contributed by atoms with Crippen molar-refractivity contribution >= 4 is 23.1 Å². The van der Waals surface area contributed by atoms with Crippen LogP contribution in [0.15, 0.2) is 41.1 Å². The van der Waals surface area contributed by atoms with Gasteiger partial charge in [0.2, 0.25) is 0 Å². The number of thiazole rings is 1. The summed E-state index contributed by atoms with van der Waals surface area (Å²) < 4.78 is 2.16. The molecule has 5 heteroatoms. The fraction of sp³-hybridized carbons (Fsp3) is 0.250. The van der Waals surface area contributed by atoms with Gasteiger partial charge in [0.05, 0.1) is 16.4 Å². The summed E-state index contributed by atoms with van der Waals surface area (Å²) in [6.45, 7) is 6.29. The van der Waals surface area contributed by atoms with Crippen molar-refractivity contribution in [2.45, 2.75) is 31.7 Å². The fourth-order valence-corrected chi connectivity index (χ4v) is 3.75. The topological polar surface area (TPSA) is 30.7 Å². The first-order chi connectivity index (χ1) is 10.1. The molecule has 0 aliphatic heterocycles. The maximum atomic E-state index is 4.50. The van der Waals surface area contributed by atoms with Gasteiger partial charge in [-0.2, -0.15) is 0 Å². The molecule has 0 N–H and O–H groups in total. The lowest BCUT2D eigenvalue weighted by Gasteiger charge is -2.11. The normalized spacial score (nSPS) is 11.0. The Bertz CT molecular complexity index is 758. The Morgan fingerprint density at radius 2 is 2.10 bits per heavy atom. The summed E-state index contributed by atoms with van der Waals surface area (Å²) in [7, 11) is 0. The summed E-state index contributed by atoms with van der Waals surface area (Å²) in [6, 6.07) is 6.50. The molecule has 0 fully saturated rings. The van der Waals surface area contributed by atoms with Crippen LogP contribution in [-0.4, -0.2) is 14.5 Å². The molecule has 0 bridgehead atoms. The van der Waals surface area contributed by atoms with E-state index < -0.39 is 0 Å². The Balaban J connectivity index is 1.85. The highest BCUT2D eigenvalue weighted by atomic mass is 32.2. The summed E-state index contributed by atoms with van der Waals surface area (Å²) in [5.74, 6) is 0.853. The molecule has 2 heterocycles. The predicted molar refractivity (Wildman–Crippen MR) is 89.5 cm³/mol. The largest absolute Gasteiger partial charge is 0.295 e. The van der Waals surface area contributed by atoms with Gasteiger partial charge in [0.1, 0.15) is 0 Å². The molecule has 3 aromatic rings. The van der Waals surface area contributed by atoms with Crippen LogP contribution in [0.3, 0.4) is 0 Å². The minimum absolute atomic E-state index is 0.853. The Kier molecular flexibility index (Phi) is 4.12. The average molecular weight is 315 g/mol. The van der Waals surface area contributed by atoms with Gasteiger partial charge in [-0.3, -0.25) is 4.57 Å². The monoisotopic (exact) mass is 315 g/mol. The van der Waals surface area contributed by atoms with Gasteiger partial charge in [-0.1, -0.05) is 23.9 Å². The van der Waals surface area contributed by atoms with Gasteiger partial charge in [-0.05, 0) is 38.0 Å². The first-order valence-electron chi connectivity index (χ1n) is 6.78. The van der Waals surface area contributed by atoms with E-state index in [1.54, 1.807) is 23.1 Å². The zero-order chi connectivity index (χ0) is 14.8. The highest BCUT2D eigenvalue weighted by molar-refractivity contribution is 7.98. The average Bonchev–Trinajstić information content (AvgIpc) is 3.08. The Morgan fingerprint density at radius 3 is 2.86 bits per heavy atom. The van der Waals surface area contributed by atoms with Gasteiger partial charge >= 0.3 is 0 Å². The Morgan fingerprint density at radius 1 is 1.24 bits per heavy atom. The van der Waals surface area contributed by atoms with Crippen LogP contribution >= 0.6 is 23.1 Å². The second-order valence-corrected chi connectivity index (χ2v) is 7.02. The van der Waals surface area contributed by atoms with Crippen molar-refractivity contribution in [1.29, 1.82) is 0 Å². The second-order valence-electron chi connectivity index (χ2n) is 5.02. The van der Waals surface area contributed by atoms with E-state index in [2.05, 4.69) is 52.0 Å². The quantitative estimate of drug-likeness (QED) is 0.662. The van der Waals surface area contributed by atoms with Crippen LogP contribution in [0.2, 0.25) is 0 Å². The van der Waals surface area contributed by atoms with Crippen LogP contribution < -0.4 is 0 Å². The van der Waals surface area contributed by atoms with Crippen LogP contribution in [0, 0.1) is 20.8 Å². The number of aryl methyl sites for hydroxylation is 3. The second kappa shape index (κ2) is 6.03. The van der Waals surface area contributed by atoms with Crippen LogP contribution in [0.25, 0.3) is 5.69 Å². The minimum Gasteiger partial charge on any atom is -0.295 e. The van der Waals surface area contributed by atoms with Crippen LogP contribution in [-0.2, 0) is 5.75 Å². The summed E-state index contributed by atoms with van der Waals surface area (Å²) in [5.41, 5.74) is 4.84. The third-order valence-electron chi connectivity index (χ3n) is 3.25. The van der Waals surface area contributed by atoms with Gasteiger partial charge in [-0.15, -0.1) is 11.3 Å². The van der Waals surface area contributed by atoms with Crippen molar-refractivity contribution in [2.75, 3.05) is 0 Å². The number of thioether (sulfide) groups is 1. The van der Waals surface area contributed by atoms with Crippen molar-refractivity contribution in [1.82, 2.24) is 14.5 Å². The van der Waals surface area contributed by atoms with Crippen molar-refractivity contribution in [3.63, 3.8) is 0 Å². The number of rotatable bonds is 4. The standard InChI is InChI=1S/C16H17N3S2/c1-11-4-5-12(2)15(8-11)19-7-6-17-16(19)21-10-14-9-20-13(3)18-14/h4-9H,10H2,1-3H3. The lowest BCUT2D eigenvalue weighted by atomic mass is 10.1. The first kappa shape index (κ1) is 14.4. The third-order valence-corrected chi connectivity index (χ3v) is 5.07. The molecule has 1 aromatic carbocycles. The Hall–Kier alpha value is -1.59. The number of imidazole rings is 1. The molecule has 0 radical (unpaired) electrons. The van der Waals surface area contributed by atoms with Crippen molar-refractivity contribution in [3.8, 4) is 5.69 Å². The summed E-state index contributed by atoms with van der Waals surface area (Å²) in [5, 5.41) is 4.24. The van der Waals surface area contributed by atoms with Gasteiger partial charge < -0.3 is 0 Å². The van der Waals surface area contributed by atoms with Crippen LogP contribution in [0.1, 0.15) is 21.8 Å². The Labute approximate surface area is 133 Å². The molecule has 0 unspecified atom stereocenters. The van der Waals surface area contributed by atoms with E-state index >= 15 is 0 Å².